The van der Waals surface area contributed by atoms with Gasteiger partial charge in [-0.3, -0.25) is 15.6 Å². The fourth-order valence-electron chi connectivity index (χ4n) is 2.43. The summed E-state index contributed by atoms with van der Waals surface area (Å²) in [6, 6.07) is 15.0. The highest BCUT2D eigenvalue weighted by Crippen LogP contribution is 2.25. The highest BCUT2D eigenvalue weighted by atomic mass is 35.5. The minimum atomic E-state index is -0.240. The molecule has 0 saturated heterocycles. The Bertz CT molecular complexity index is 922. The number of hydrogen-bond acceptors (Lipinski definition) is 3. The van der Waals surface area contributed by atoms with Crippen molar-refractivity contribution in [3.63, 3.8) is 0 Å². The van der Waals surface area contributed by atoms with Crippen LogP contribution in [-0.4, -0.2) is 27.6 Å². The fourth-order valence-corrected chi connectivity index (χ4v) is 2.60. The van der Waals surface area contributed by atoms with E-state index in [1.54, 1.807) is 19.2 Å². The molecule has 2 aromatic carbocycles. The molecule has 0 saturated carbocycles. The first-order valence-electron chi connectivity index (χ1n) is 7.56. The zero-order valence-corrected chi connectivity index (χ0v) is 15.0. The molecule has 0 radical (unpaired) electrons. The molecule has 0 unspecified atom stereocenters. The topological polar surface area (TPSA) is 71.0 Å². The van der Waals surface area contributed by atoms with Gasteiger partial charge in [0.2, 0.25) is 0 Å². The van der Waals surface area contributed by atoms with Gasteiger partial charge in [0.25, 0.3) is 5.91 Å². The van der Waals surface area contributed by atoms with Crippen molar-refractivity contribution in [3.8, 4) is 11.4 Å². The van der Waals surface area contributed by atoms with Gasteiger partial charge < -0.3 is 9.88 Å². The molecule has 0 atom stereocenters. The van der Waals surface area contributed by atoms with Crippen LogP contribution in [0, 0.1) is 0 Å². The summed E-state index contributed by atoms with van der Waals surface area (Å²) in [7, 11) is 1.67. The molecule has 6 nitrogen and oxygen atoms in total. The Labute approximate surface area is 155 Å². The maximum Gasteiger partial charge on any atom is 0.258 e. The van der Waals surface area contributed by atoms with Crippen LogP contribution in [0.3, 0.4) is 0 Å². The molecule has 0 aliphatic rings. The minimum absolute atomic E-state index is 0.0950. The SMILES string of the molecule is CNC(=S)NNC(=O)Cn1c(-c2ccc(Cl)cc2)nc2ccccc21. The van der Waals surface area contributed by atoms with E-state index in [1.807, 2.05) is 41.0 Å². The molecule has 0 aliphatic carbocycles. The number of aromatic nitrogens is 2. The summed E-state index contributed by atoms with van der Waals surface area (Å²) in [4.78, 5) is 16.9. The summed E-state index contributed by atoms with van der Waals surface area (Å²) < 4.78 is 1.86. The molecule has 1 heterocycles. The number of carbonyl (C=O) groups is 1. The average molecular weight is 374 g/mol. The third-order valence-electron chi connectivity index (χ3n) is 3.60. The van der Waals surface area contributed by atoms with Gasteiger partial charge in [0.05, 0.1) is 11.0 Å². The van der Waals surface area contributed by atoms with Gasteiger partial charge in [-0.15, -0.1) is 0 Å². The zero-order valence-electron chi connectivity index (χ0n) is 13.4. The first kappa shape index (κ1) is 17.2. The van der Waals surface area contributed by atoms with Crippen LogP contribution in [0.1, 0.15) is 0 Å². The number of carbonyl (C=O) groups excluding carboxylic acids is 1. The van der Waals surface area contributed by atoms with Crippen molar-refractivity contribution in [2.24, 2.45) is 0 Å². The molecule has 0 bridgehead atoms. The number of benzene rings is 2. The predicted molar refractivity (Wildman–Crippen MR) is 103 cm³/mol. The summed E-state index contributed by atoms with van der Waals surface area (Å²) >= 11 is 10.9. The summed E-state index contributed by atoms with van der Waals surface area (Å²) in [5.74, 6) is 0.458. The lowest BCUT2D eigenvalue weighted by atomic mass is 10.2. The first-order chi connectivity index (χ1) is 12.1. The molecule has 1 aromatic heterocycles. The monoisotopic (exact) mass is 373 g/mol. The molecule has 0 fully saturated rings. The number of fused-ring (bicyclic) bond motifs is 1. The van der Waals surface area contributed by atoms with Gasteiger partial charge >= 0.3 is 0 Å². The zero-order chi connectivity index (χ0) is 17.8. The van der Waals surface area contributed by atoms with Gasteiger partial charge in [-0.05, 0) is 48.6 Å². The highest BCUT2D eigenvalue weighted by molar-refractivity contribution is 7.80. The number of hydrogen-bond donors (Lipinski definition) is 3. The normalized spacial score (nSPS) is 10.5. The minimum Gasteiger partial charge on any atom is -0.364 e. The van der Waals surface area contributed by atoms with Crippen molar-refractivity contribution in [1.29, 1.82) is 0 Å². The number of amides is 1. The van der Waals surface area contributed by atoms with Crippen LogP contribution in [0.25, 0.3) is 22.4 Å². The van der Waals surface area contributed by atoms with Crippen LogP contribution >= 0.6 is 23.8 Å². The summed E-state index contributed by atoms with van der Waals surface area (Å²) in [5, 5.41) is 3.71. The van der Waals surface area contributed by atoms with Gasteiger partial charge in [-0.25, -0.2) is 4.98 Å². The Morgan fingerprint density at radius 2 is 1.88 bits per heavy atom. The molecule has 25 heavy (non-hydrogen) atoms. The molecule has 3 aromatic rings. The van der Waals surface area contributed by atoms with Gasteiger partial charge in [0, 0.05) is 17.6 Å². The van der Waals surface area contributed by atoms with Crippen LogP contribution < -0.4 is 16.2 Å². The molecule has 3 N–H and O–H groups in total. The van der Waals surface area contributed by atoms with E-state index in [1.165, 1.54) is 0 Å². The Morgan fingerprint density at radius 1 is 1.16 bits per heavy atom. The van der Waals surface area contributed by atoms with Gasteiger partial charge in [0.1, 0.15) is 12.4 Å². The van der Waals surface area contributed by atoms with Crippen LogP contribution in [0.5, 0.6) is 0 Å². The molecule has 8 heteroatoms. The Morgan fingerprint density at radius 3 is 2.60 bits per heavy atom. The van der Waals surface area contributed by atoms with E-state index in [0.717, 1.165) is 16.6 Å². The van der Waals surface area contributed by atoms with E-state index >= 15 is 0 Å². The lowest BCUT2D eigenvalue weighted by Crippen LogP contribution is -2.46. The fraction of sp³-hybridized carbons (Fsp3) is 0.118. The van der Waals surface area contributed by atoms with E-state index in [9.17, 15) is 4.79 Å². The number of imidazole rings is 1. The second-order valence-corrected chi connectivity index (χ2v) is 6.11. The van der Waals surface area contributed by atoms with Crippen LogP contribution in [0.2, 0.25) is 5.02 Å². The van der Waals surface area contributed by atoms with Crippen LogP contribution in [-0.2, 0) is 11.3 Å². The lowest BCUT2D eigenvalue weighted by Gasteiger charge is -2.12. The Balaban J connectivity index is 1.95. The number of para-hydroxylation sites is 2. The summed E-state index contributed by atoms with van der Waals surface area (Å²) in [6.07, 6.45) is 0. The van der Waals surface area contributed by atoms with Crippen molar-refractivity contribution >= 4 is 45.9 Å². The number of nitrogens with one attached hydrogen (secondary N) is 3. The largest absolute Gasteiger partial charge is 0.364 e. The van der Waals surface area contributed by atoms with Crippen molar-refractivity contribution in [1.82, 2.24) is 25.7 Å². The van der Waals surface area contributed by atoms with Gasteiger partial charge in [-0.2, -0.15) is 0 Å². The van der Waals surface area contributed by atoms with Crippen LogP contribution in [0.15, 0.2) is 48.5 Å². The van der Waals surface area contributed by atoms with E-state index < -0.39 is 0 Å². The Kier molecular flexibility index (Phi) is 5.16. The predicted octanol–water partition coefficient (Wildman–Crippen LogP) is 2.48. The molecule has 1 amide bonds. The average Bonchev–Trinajstić information content (AvgIpc) is 2.99. The number of rotatable bonds is 3. The van der Waals surface area contributed by atoms with Crippen molar-refractivity contribution in [3.05, 3.63) is 53.6 Å². The summed E-state index contributed by atoms with van der Waals surface area (Å²) in [5.41, 5.74) is 7.76. The van der Waals surface area contributed by atoms with E-state index in [2.05, 4.69) is 21.2 Å². The van der Waals surface area contributed by atoms with Crippen LogP contribution in [0.4, 0.5) is 0 Å². The first-order valence-corrected chi connectivity index (χ1v) is 8.35. The van der Waals surface area contributed by atoms with E-state index in [4.69, 9.17) is 23.8 Å². The molecular formula is C17H16ClN5OS. The third kappa shape index (κ3) is 3.89. The molecular weight excluding hydrogens is 358 g/mol. The van der Waals surface area contributed by atoms with Crippen molar-refractivity contribution < 1.29 is 4.79 Å². The van der Waals surface area contributed by atoms with Crippen molar-refractivity contribution in [2.45, 2.75) is 6.54 Å². The molecule has 0 spiro atoms. The quantitative estimate of drug-likeness (QED) is 0.486. The number of halogens is 1. The number of thiocarbonyl (C=S) groups is 1. The molecule has 0 aliphatic heterocycles. The van der Waals surface area contributed by atoms with E-state index in [-0.39, 0.29) is 12.5 Å². The van der Waals surface area contributed by atoms with Gasteiger partial charge in [-0.1, -0.05) is 23.7 Å². The second kappa shape index (κ2) is 7.50. The molecule has 128 valence electrons. The third-order valence-corrected chi connectivity index (χ3v) is 4.16. The maximum absolute atomic E-state index is 12.3. The second-order valence-electron chi connectivity index (χ2n) is 5.27. The number of hydrazine groups is 1. The molecule has 3 rings (SSSR count). The summed E-state index contributed by atoms with van der Waals surface area (Å²) in [6.45, 7) is 0.0950. The maximum atomic E-state index is 12.3. The smallest absolute Gasteiger partial charge is 0.258 e. The number of nitrogens with zero attached hydrogens (tertiary/aromatic N) is 2. The highest BCUT2D eigenvalue weighted by Gasteiger charge is 2.15. The van der Waals surface area contributed by atoms with Gasteiger partial charge in [0.15, 0.2) is 5.11 Å². The standard InChI is InChI=1S/C17H16ClN5OS/c1-19-17(25)22-21-15(24)10-23-14-5-3-2-4-13(14)20-16(23)11-6-8-12(18)9-7-11/h2-9H,10H2,1H3,(H,21,24)(H2,19,22,25). The van der Waals surface area contributed by atoms with Crippen molar-refractivity contribution in [2.75, 3.05) is 7.05 Å². The lowest BCUT2D eigenvalue weighted by molar-refractivity contribution is -0.122. The Hall–Kier alpha value is -2.64. The van der Waals surface area contributed by atoms with E-state index in [0.29, 0.717) is 16.0 Å².